The lowest BCUT2D eigenvalue weighted by molar-refractivity contribution is -0.116. The van der Waals surface area contributed by atoms with E-state index in [9.17, 15) is 9.90 Å². The summed E-state index contributed by atoms with van der Waals surface area (Å²) in [4.78, 5) is 14.2. The third kappa shape index (κ3) is 5.30. The highest BCUT2D eigenvalue weighted by atomic mass is 35.5. The highest BCUT2D eigenvalue weighted by Gasteiger charge is 2.23. The van der Waals surface area contributed by atoms with Gasteiger partial charge in [0.2, 0.25) is 5.91 Å². The van der Waals surface area contributed by atoms with Crippen LogP contribution < -0.4 is 5.32 Å². The van der Waals surface area contributed by atoms with Gasteiger partial charge in [-0.15, -0.1) is 0 Å². The van der Waals surface area contributed by atoms with Crippen molar-refractivity contribution in [3.63, 3.8) is 0 Å². The van der Waals surface area contributed by atoms with Gasteiger partial charge >= 0.3 is 0 Å². The summed E-state index contributed by atoms with van der Waals surface area (Å²) >= 11 is 5.89. The van der Waals surface area contributed by atoms with Crippen LogP contribution in [0.15, 0.2) is 24.3 Å². The molecule has 1 heterocycles. The second kappa shape index (κ2) is 7.78. The summed E-state index contributed by atoms with van der Waals surface area (Å²) in [7, 11) is 0. The van der Waals surface area contributed by atoms with Gasteiger partial charge in [-0.05, 0) is 50.4 Å². The summed E-state index contributed by atoms with van der Waals surface area (Å²) in [5.41, 5.74) is 0.730. The molecule has 1 fully saturated rings. The van der Waals surface area contributed by atoms with E-state index in [4.69, 9.17) is 11.6 Å². The van der Waals surface area contributed by atoms with Crippen molar-refractivity contribution in [2.75, 3.05) is 25.0 Å². The SMILES string of the molecule is CC(O)C1CCCN(CCC(=O)Nc2cccc(Cl)c2)C1. The number of rotatable bonds is 5. The average Bonchev–Trinajstić information content (AvgIpc) is 2.45. The Balaban J connectivity index is 1.76. The summed E-state index contributed by atoms with van der Waals surface area (Å²) in [6.07, 6.45) is 2.35. The maximum Gasteiger partial charge on any atom is 0.225 e. The summed E-state index contributed by atoms with van der Waals surface area (Å²) in [6.45, 7) is 4.46. The van der Waals surface area contributed by atoms with E-state index < -0.39 is 0 Å². The Morgan fingerprint density at radius 3 is 3.10 bits per heavy atom. The lowest BCUT2D eigenvalue weighted by atomic mass is 9.93. The molecule has 1 amide bonds. The van der Waals surface area contributed by atoms with Gasteiger partial charge in [-0.25, -0.2) is 0 Å². The number of hydrogen-bond acceptors (Lipinski definition) is 3. The fourth-order valence-corrected chi connectivity index (χ4v) is 2.93. The van der Waals surface area contributed by atoms with Crippen LogP contribution in [0, 0.1) is 5.92 Å². The topological polar surface area (TPSA) is 52.6 Å². The van der Waals surface area contributed by atoms with Crippen molar-refractivity contribution < 1.29 is 9.90 Å². The van der Waals surface area contributed by atoms with Crippen molar-refractivity contribution in [1.29, 1.82) is 0 Å². The van der Waals surface area contributed by atoms with Crippen LogP contribution in [0.1, 0.15) is 26.2 Å². The van der Waals surface area contributed by atoms with Crippen LogP contribution in [-0.2, 0) is 4.79 Å². The minimum atomic E-state index is -0.270. The van der Waals surface area contributed by atoms with E-state index in [2.05, 4.69) is 10.2 Å². The maximum absolute atomic E-state index is 12.0. The van der Waals surface area contributed by atoms with Crippen LogP contribution in [0.4, 0.5) is 5.69 Å². The average molecular weight is 311 g/mol. The van der Waals surface area contributed by atoms with E-state index in [1.807, 2.05) is 19.1 Å². The molecule has 2 N–H and O–H groups in total. The van der Waals surface area contributed by atoms with Crippen LogP contribution >= 0.6 is 11.6 Å². The number of aliphatic hydroxyl groups is 1. The molecular weight excluding hydrogens is 288 g/mol. The Morgan fingerprint density at radius 2 is 2.38 bits per heavy atom. The minimum Gasteiger partial charge on any atom is -0.393 e. The van der Waals surface area contributed by atoms with E-state index in [0.29, 0.717) is 17.4 Å². The second-order valence-electron chi connectivity index (χ2n) is 5.75. The smallest absolute Gasteiger partial charge is 0.225 e. The molecule has 21 heavy (non-hydrogen) atoms. The van der Waals surface area contributed by atoms with Crippen molar-refractivity contribution in [2.24, 2.45) is 5.92 Å². The van der Waals surface area contributed by atoms with Crippen LogP contribution in [0.5, 0.6) is 0 Å². The lowest BCUT2D eigenvalue weighted by Gasteiger charge is -2.33. The Bertz CT molecular complexity index is 479. The number of likely N-dealkylation sites (tertiary alicyclic amines) is 1. The first-order valence-corrected chi connectivity index (χ1v) is 7.88. The van der Waals surface area contributed by atoms with Gasteiger partial charge in [0, 0.05) is 30.2 Å². The number of piperidine rings is 1. The Kier molecular flexibility index (Phi) is 6.03. The van der Waals surface area contributed by atoms with Crippen molar-refractivity contribution in [3.8, 4) is 0 Å². The van der Waals surface area contributed by atoms with Gasteiger partial charge in [-0.3, -0.25) is 4.79 Å². The predicted octanol–water partition coefficient (Wildman–Crippen LogP) is 2.76. The van der Waals surface area contributed by atoms with Gasteiger partial charge in [0.1, 0.15) is 0 Å². The number of benzene rings is 1. The molecule has 0 aromatic heterocycles. The number of carbonyl (C=O) groups is 1. The van der Waals surface area contributed by atoms with Crippen LogP contribution in [0.25, 0.3) is 0 Å². The zero-order chi connectivity index (χ0) is 15.2. The summed E-state index contributed by atoms with van der Waals surface area (Å²) in [5, 5.41) is 13.1. The number of anilines is 1. The van der Waals surface area contributed by atoms with Crippen molar-refractivity contribution in [1.82, 2.24) is 4.90 Å². The number of nitrogens with zero attached hydrogens (tertiary/aromatic N) is 1. The monoisotopic (exact) mass is 310 g/mol. The van der Waals surface area contributed by atoms with Gasteiger partial charge < -0.3 is 15.3 Å². The Labute approximate surface area is 131 Å². The van der Waals surface area contributed by atoms with E-state index in [0.717, 1.165) is 38.2 Å². The second-order valence-corrected chi connectivity index (χ2v) is 6.19. The largest absolute Gasteiger partial charge is 0.393 e. The molecule has 0 saturated carbocycles. The van der Waals surface area contributed by atoms with Crippen LogP contribution in [0.3, 0.4) is 0 Å². The molecule has 2 atom stereocenters. The molecule has 2 unspecified atom stereocenters. The number of halogens is 1. The molecule has 1 aliphatic rings. The van der Waals surface area contributed by atoms with Gasteiger partial charge in [-0.2, -0.15) is 0 Å². The van der Waals surface area contributed by atoms with Gasteiger partial charge in [0.05, 0.1) is 6.10 Å². The molecular formula is C16H23ClN2O2. The standard InChI is InChI=1S/C16H23ClN2O2/c1-12(20)13-4-3-8-19(11-13)9-7-16(21)18-15-6-2-5-14(17)10-15/h2,5-6,10,12-13,20H,3-4,7-9,11H2,1H3,(H,18,21). The van der Waals surface area contributed by atoms with Gasteiger partial charge in [-0.1, -0.05) is 17.7 Å². The molecule has 1 aromatic rings. The molecule has 0 spiro atoms. The first-order valence-electron chi connectivity index (χ1n) is 7.50. The fourth-order valence-electron chi connectivity index (χ4n) is 2.74. The molecule has 5 heteroatoms. The van der Waals surface area contributed by atoms with E-state index in [1.165, 1.54) is 0 Å². The third-order valence-corrected chi connectivity index (χ3v) is 4.22. The number of carbonyl (C=O) groups excluding carboxylic acids is 1. The number of hydrogen-bond donors (Lipinski definition) is 2. The molecule has 116 valence electrons. The van der Waals surface area contributed by atoms with Crippen molar-refractivity contribution >= 4 is 23.2 Å². The highest BCUT2D eigenvalue weighted by Crippen LogP contribution is 2.20. The zero-order valence-corrected chi connectivity index (χ0v) is 13.1. The third-order valence-electron chi connectivity index (χ3n) is 3.99. The molecule has 0 aliphatic carbocycles. The minimum absolute atomic E-state index is 0.00330. The molecule has 1 aromatic carbocycles. The first kappa shape index (κ1) is 16.3. The number of aliphatic hydroxyl groups excluding tert-OH is 1. The molecule has 1 aliphatic heterocycles. The number of amides is 1. The maximum atomic E-state index is 12.0. The Hall–Kier alpha value is -1.10. The molecule has 0 bridgehead atoms. The molecule has 0 radical (unpaired) electrons. The summed E-state index contributed by atoms with van der Waals surface area (Å²) < 4.78 is 0. The molecule has 2 rings (SSSR count). The first-order chi connectivity index (χ1) is 10.0. The van der Waals surface area contributed by atoms with E-state index in [1.54, 1.807) is 12.1 Å². The molecule has 1 saturated heterocycles. The van der Waals surface area contributed by atoms with Gasteiger partial charge in [0.15, 0.2) is 0 Å². The van der Waals surface area contributed by atoms with Crippen LogP contribution in [0.2, 0.25) is 5.02 Å². The quantitative estimate of drug-likeness (QED) is 0.879. The molecule has 4 nitrogen and oxygen atoms in total. The van der Waals surface area contributed by atoms with Crippen LogP contribution in [-0.4, -0.2) is 41.7 Å². The fraction of sp³-hybridized carbons (Fsp3) is 0.562. The number of nitrogens with one attached hydrogen (secondary N) is 1. The van der Waals surface area contributed by atoms with E-state index >= 15 is 0 Å². The summed E-state index contributed by atoms with van der Waals surface area (Å²) in [5.74, 6) is 0.325. The Morgan fingerprint density at radius 1 is 1.57 bits per heavy atom. The lowest BCUT2D eigenvalue weighted by Crippen LogP contribution is -2.40. The predicted molar refractivity (Wildman–Crippen MR) is 85.5 cm³/mol. The van der Waals surface area contributed by atoms with Gasteiger partial charge in [0.25, 0.3) is 0 Å². The van der Waals surface area contributed by atoms with Crippen molar-refractivity contribution in [2.45, 2.75) is 32.3 Å². The van der Waals surface area contributed by atoms with E-state index in [-0.39, 0.29) is 12.0 Å². The highest BCUT2D eigenvalue weighted by molar-refractivity contribution is 6.30. The van der Waals surface area contributed by atoms with Crippen molar-refractivity contribution in [3.05, 3.63) is 29.3 Å². The summed E-state index contributed by atoms with van der Waals surface area (Å²) in [6, 6.07) is 7.16. The normalized spacial score (nSPS) is 21.0. The zero-order valence-electron chi connectivity index (χ0n) is 12.4.